The van der Waals surface area contributed by atoms with Crippen LogP contribution in [0.25, 0.3) is 33.7 Å². The SMILES string of the molecule is CCOC(=O)COc1cccc(-c2ccc(-c3nc4n[nH]nc4c(=O)[nH]3)c(OC3CCCC3)c2)c1. The first-order valence-corrected chi connectivity index (χ1v) is 11.6. The van der Waals surface area contributed by atoms with E-state index >= 15 is 0 Å². The van der Waals surface area contributed by atoms with Crippen molar-refractivity contribution in [3.63, 3.8) is 0 Å². The number of fused-ring (bicyclic) bond motifs is 1. The van der Waals surface area contributed by atoms with Crippen molar-refractivity contribution < 1.29 is 19.0 Å². The van der Waals surface area contributed by atoms with E-state index in [2.05, 4.69) is 25.4 Å². The van der Waals surface area contributed by atoms with Crippen LogP contribution in [0.3, 0.4) is 0 Å². The summed E-state index contributed by atoms with van der Waals surface area (Å²) in [4.78, 5) is 31.4. The Balaban J connectivity index is 1.49. The summed E-state index contributed by atoms with van der Waals surface area (Å²) >= 11 is 0. The number of nitrogens with zero attached hydrogens (tertiary/aromatic N) is 3. The molecule has 1 saturated carbocycles. The third-order valence-corrected chi connectivity index (χ3v) is 5.86. The quantitative estimate of drug-likeness (QED) is 0.369. The minimum Gasteiger partial charge on any atom is -0.490 e. The lowest BCUT2D eigenvalue weighted by atomic mass is 10.0. The van der Waals surface area contributed by atoms with Gasteiger partial charge in [-0.2, -0.15) is 5.21 Å². The molecule has 0 atom stereocenters. The third kappa shape index (κ3) is 5.01. The van der Waals surface area contributed by atoms with Crippen LogP contribution in [0.4, 0.5) is 0 Å². The molecule has 1 aliphatic rings. The van der Waals surface area contributed by atoms with E-state index in [0.29, 0.717) is 29.5 Å². The fourth-order valence-electron chi connectivity index (χ4n) is 4.17. The molecule has 2 N–H and O–H groups in total. The number of esters is 1. The number of rotatable bonds is 8. The van der Waals surface area contributed by atoms with Crippen LogP contribution in [0, 0.1) is 0 Å². The van der Waals surface area contributed by atoms with E-state index in [-0.39, 0.29) is 29.4 Å². The monoisotopic (exact) mass is 475 g/mol. The summed E-state index contributed by atoms with van der Waals surface area (Å²) in [6, 6.07) is 13.2. The van der Waals surface area contributed by atoms with Crippen LogP contribution in [0.1, 0.15) is 32.6 Å². The van der Waals surface area contributed by atoms with Gasteiger partial charge in [0.15, 0.2) is 12.1 Å². The molecule has 2 aromatic carbocycles. The molecule has 0 radical (unpaired) electrons. The van der Waals surface area contributed by atoms with Crippen molar-refractivity contribution in [3.05, 3.63) is 52.8 Å². The highest BCUT2D eigenvalue weighted by molar-refractivity contribution is 5.77. The summed E-state index contributed by atoms with van der Waals surface area (Å²) in [6.45, 7) is 1.90. The van der Waals surface area contributed by atoms with Gasteiger partial charge in [-0.1, -0.05) is 18.2 Å². The van der Waals surface area contributed by atoms with Gasteiger partial charge in [0.2, 0.25) is 5.65 Å². The van der Waals surface area contributed by atoms with E-state index < -0.39 is 5.97 Å². The average Bonchev–Trinajstić information content (AvgIpc) is 3.55. The summed E-state index contributed by atoms with van der Waals surface area (Å²) in [5.74, 6) is 1.13. The number of hydrogen-bond donors (Lipinski definition) is 2. The van der Waals surface area contributed by atoms with Gasteiger partial charge in [-0.25, -0.2) is 9.78 Å². The Kier molecular flexibility index (Phi) is 6.42. The molecule has 35 heavy (non-hydrogen) atoms. The molecule has 0 unspecified atom stereocenters. The molecular formula is C25H25N5O5. The average molecular weight is 476 g/mol. The molecule has 180 valence electrons. The lowest BCUT2D eigenvalue weighted by Gasteiger charge is -2.18. The first kappa shape index (κ1) is 22.6. The Morgan fingerprint density at radius 2 is 1.91 bits per heavy atom. The van der Waals surface area contributed by atoms with Crippen LogP contribution >= 0.6 is 0 Å². The van der Waals surface area contributed by atoms with E-state index in [1.807, 2.05) is 36.4 Å². The van der Waals surface area contributed by atoms with Crippen molar-refractivity contribution in [1.29, 1.82) is 0 Å². The summed E-state index contributed by atoms with van der Waals surface area (Å²) in [7, 11) is 0. The lowest BCUT2D eigenvalue weighted by Crippen LogP contribution is -2.14. The number of hydrogen-bond acceptors (Lipinski definition) is 8. The Hall–Kier alpha value is -4.21. The van der Waals surface area contributed by atoms with E-state index in [4.69, 9.17) is 14.2 Å². The summed E-state index contributed by atoms with van der Waals surface area (Å²) in [5.41, 5.74) is 2.48. The summed E-state index contributed by atoms with van der Waals surface area (Å²) < 4.78 is 16.9. The number of aromatic amines is 2. The largest absolute Gasteiger partial charge is 0.490 e. The highest BCUT2D eigenvalue weighted by atomic mass is 16.6. The van der Waals surface area contributed by atoms with Gasteiger partial charge in [0.05, 0.1) is 18.3 Å². The predicted molar refractivity (Wildman–Crippen MR) is 128 cm³/mol. The number of carbonyl (C=O) groups is 1. The van der Waals surface area contributed by atoms with Gasteiger partial charge in [-0.3, -0.25) is 4.79 Å². The number of nitrogens with one attached hydrogen (secondary N) is 2. The minimum absolute atomic E-state index is 0.103. The number of benzene rings is 2. The zero-order valence-electron chi connectivity index (χ0n) is 19.2. The zero-order valence-corrected chi connectivity index (χ0v) is 19.2. The molecule has 10 nitrogen and oxygen atoms in total. The second-order valence-corrected chi connectivity index (χ2v) is 8.27. The number of ether oxygens (including phenoxy) is 3. The highest BCUT2D eigenvalue weighted by Crippen LogP contribution is 2.36. The van der Waals surface area contributed by atoms with Crippen LogP contribution in [-0.2, 0) is 9.53 Å². The van der Waals surface area contributed by atoms with Crippen molar-refractivity contribution in [2.45, 2.75) is 38.7 Å². The van der Waals surface area contributed by atoms with Crippen molar-refractivity contribution in [3.8, 4) is 34.0 Å². The van der Waals surface area contributed by atoms with Gasteiger partial charge in [-0.05, 0) is 68.0 Å². The maximum atomic E-state index is 12.5. The second-order valence-electron chi connectivity index (χ2n) is 8.27. The Labute approximate surface area is 200 Å². The van der Waals surface area contributed by atoms with Crippen molar-refractivity contribution >= 4 is 17.1 Å². The van der Waals surface area contributed by atoms with Gasteiger partial charge >= 0.3 is 5.97 Å². The van der Waals surface area contributed by atoms with E-state index in [9.17, 15) is 9.59 Å². The van der Waals surface area contributed by atoms with Crippen LogP contribution in [0.2, 0.25) is 0 Å². The molecule has 1 fully saturated rings. The molecular weight excluding hydrogens is 450 g/mol. The molecule has 1 aliphatic carbocycles. The molecule has 4 aromatic rings. The smallest absolute Gasteiger partial charge is 0.344 e. The first-order valence-electron chi connectivity index (χ1n) is 11.6. The van der Waals surface area contributed by atoms with Crippen molar-refractivity contribution in [2.24, 2.45) is 0 Å². The maximum Gasteiger partial charge on any atom is 0.344 e. The summed E-state index contributed by atoms with van der Waals surface area (Å²) in [5, 5.41) is 10.2. The van der Waals surface area contributed by atoms with Crippen LogP contribution in [0.5, 0.6) is 11.5 Å². The minimum atomic E-state index is -0.417. The summed E-state index contributed by atoms with van der Waals surface area (Å²) in [6.07, 6.45) is 4.31. The molecule has 0 aliphatic heterocycles. The van der Waals surface area contributed by atoms with Gasteiger partial charge in [-0.15, -0.1) is 10.2 Å². The van der Waals surface area contributed by atoms with E-state index in [1.54, 1.807) is 13.0 Å². The first-order chi connectivity index (χ1) is 17.1. The topological polar surface area (TPSA) is 132 Å². The van der Waals surface area contributed by atoms with Gasteiger partial charge in [0, 0.05) is 0 Å². The van der Waals surface area contributed by atoms with Crippen molar-refractivity contribution in [2.75, 3.05) is 13.2 Å². The predicted octanol–water partition coefficient (Wildman–Crippen LogP) is 3.64. The van der Waals surface area contributed by atoms with E-state index in [0.717, 1.165) is 36.8 Å². The second kappa shape index (κ2) is 9.96. The zero-order chi connectivity index (χ0) is 24.2. The third-order valence-electron chi connectivity index (χ3n) is 5.86. The Bertz CT molecular complexity index is 1410. The fraction of sp³-hybridized carbons (Fsp3) is 0.320. The van der Waals surface area contributed by atoms with Crippen molar-refractivity contribution in [1.82, 2.24) is 25.4 Å². The molecule has 0 amide bonds. The van der Waals surface area contributed by atoms with Crippen LogP contribution < -0.4 is 15.0 Å². The molecule has 5 rings (SSSR count). The Morgan fingerprint density at radius 1 is 1.09 bits per heavy atom. The molecule has 0 saturated heterocycles. The van der Waals surface area contributed by atoms with E-state index in [1.165, 1.54) is 0 Å². The van der Waals surface area contributed by atoms with Crippen LogP contribution in [0.15, 0.2) is 47.3 Å². The lowest BCUT2D eigenvalue weighted by molar-refractivity contribution is -0.145. The molecule has 2 heterocycles. The van der Waals surface area contributed by atoms with Crippen LogP contribution in [-0.4, -0.2) is 50.7 Å². The molecule has 0 spiro atoms. The number of H-pyrrole nitrogens is 2. The normalized spacial score (nSPS) is 13.7. The Morgan fingerprint density at radius 3 is 2.74 bits per heavy atom. The standard InChI is InChI=1S/C25H25N5O5/c1-2-33-21(31)14-34-18-9-5-6-15(12-18)16-10-11-19(20(13-16)35-17-7-3-4-8-17)23-26-24-22(25(32)27-23)28-30-29-24/h5-6,9-13,17H,2-4,7-8,14H2,1H3,(H2,26,27,28,29,30,32). The molecule has 2 aromatic heterocycles. The fourth-order valence-corrected chi connectivity index (χ4v) is 4.17. The highest BCUT2D eigenvalue weighted by Gasteiger charge is 2.21. The number of carbonyl (C=O) groups excluding carboxylic acids is 1. The number of aromatic nitrogens is 5. The van der Waals surface area contributed by atoms with Gasteiger partial charge in [0.1, 0.15) is 17.3 Å². The molecule has 0 bridgehead atoms. The molecule has 10 heteroatoms. The maximum absolute atomic E-state index is 12.5. The van der Waals surface area contributed by atoms with Gasteiger partial charge < -0.3 is 19.2 Å². The van der Waals surface area contributed by atoms with Gasteiger partial charge in [0.25, 0.3) is 5.56 Å².